The van der Waals surface area contributed by atoms with Gasteiger partial charge in [0.2, 0.25) is 0 Å². The summed E-state index contributed by atoms with van der Waals surface area (Å²) < 4.78 is 16.9. The van der Waals surface area contributed by atoms with Crippen LogP contribution in [-0.2, 0) is 28.6 Å². The Hall–Kier alpha value is -1.85. The summed E-state index contributed by atoms with van der Waals surface area (Å²) in [7, 11) is 0. The van der Waals surface area contributed by atoms with Crippen LogP contribution in [-0.4, -0.2) is 37.2 Å². The molecule has 0 aliphatic rings. The van der Waals surface area contributed by atoms with E-state index in [9.17, 15) is 14.4 Å². The number of hydrogen-bond donors (Lipinski definition) is 0. The van der Waals surface area contributed by atoms with Crippen LogP contribution in [0, 0.1) is 0 Å². The highest BCUT2D eigenvalue weighted by Crippen LogP contribution is 2.18. The lowest BCUT2D eigenvalue weighted by molar-refractivity contribution is -0.167. The standard InChI is InChI=1S/C64H122O6/c1-4-7-10-13-16-19-22-25-28-30-31-32-33-35-36-39-42-45-48-51-54-57-63(66)69-60-61(59-68-62(65)56-53-50-47-44-41-38-27-24-21-18-15-12-9-6-3)70-64(67)58-55-52-49-46-43-40-37-34-29-26-23-20-17-14-11-8-5-2/h26,29,61H,4-25,27-28,30-60H2,1-3H3/b29-26-. The highest BCUT2D eigenvalue weighted by molar-refractivity contribution is 5.71. The summed E-state index contributed by atoms with van der Waals surface area (Å²) in [4.78, 5) is 38.3. The fraction of sp³-hybridized carbons (Fsp3) is 0.922. The van der Waals surface area contributed by atoms with Crippen LogP contribution in [0.15, 0.2) is 12.2 Å². The lowest BCUT2D eigenvalue weighted by Crippen LogP contribution is -2.30. The molecule has 0 amide bonds. The number of esters is 3. The van der Waals surface area contributed by atoms with Gasteiger partial charge in [0.05, 0.1) is 0 Å². The van der Waals surface area contributed by atoms with Crippen LogP contribution in [0.4, 0.5) is 0 Å². The van der Waals surface area contributed by atoms with E-state index >= 15 is 0 Å². The van der Waals surface area contributed by atoms with Crippen molar-refractivity contribution < 1.29 is 28.6 Å². The summed E-state index contributed by atoms with van der Waals surface area (Å²) in [6.45, 7) is 6.71. The molecule has 1 atom stereocenters. The van der Waals surface area contributed by atoms with E-state index in [2.05, 4.69) is 32.9 Å². The van der Waals surface area contributed by atoms with Gasteiger partial charge in [-0.1, -0.05) is 309 Å². The van der Waals surface area contributed by atoms with E-state index in [1.54, 1.807) is 0 Å². The molecule has 0 aromatic carbocycles. The molecule has 414 valence electrons. The molecule has 70 heavy (non-hydrogen) atoms. The Morgan fingerprint density at radius 2 is 0.471 bits per heavy atom. The number of rotatable bonds is 59. The van der Waals surface area contributed by atoms with Gasteiger partial charge in [-0.3, -0.25) is 14.4 Å². The predicted molar refractivity (Wildman–Crippen MR) is 303 cm³/mol. The van der Waals surface area contributed by atoms with Crippen LogP contribution < -0.4 is 0 Å². The van der Waals surface area contributed by atoms with Crippen molar-refractivity contribution in [2.45, 2.75) is 367 Å². The number of carbonyl (C=O) groups excluding carboxylic acids is 3. The van der Waals surface area contributed by atoms with E-state index in [0.29, 0.717) is 19.3 Å². The minimum absolute atomic E-state index is 0.0653. The Morgan fingerprint density at radius 3 is 0.714 bits per heavy atom. The first-order chi connectivity index (χ1) is 34.5. The molecule has 6 nitrogen and oxygen atoms in total. The molecule has 0 aliphatic heterocycles. The zero-order valence-corrected chi connectivity index (χ0v) is 47.6. The van der Waals surface area contributed by atoms with Crippen molar-refractivity contribution in [3.05, 3.63) is 12.2 Å². The lowest BCUT2D eigenvalue weighted by atomic mass is 10.0. The smallest absolute Gasteiger partial charge is 0.306 e. The molecule has 0 saturated heterocycles. The molecule has 0 radical (unpaired) electrons. The molecule has 0 aromatic rings. The van der Waals surface area contributed by atoms with Gasteiger partial charge in [0.15, 0.2) is 6.10 Å². The molecule has 0 aliphatic carbocycles. The van der Waals surface area contributed by atoms with E-state index in [-0.39, 0.29) is 31.1 Å². The topological polar surface area (TPSA) is 78.9 Å². The molecule has 0 N–H and O–H groups in total. The van der Waals surface area contributed by atoms with Gasteiger partial charge >= 0.3 is 17.9 Å². The van der Waals surface area contributed by atoms with Crippen LogP contribution in [0.1, 0.15) is 361 Å². The first-order valence-corrected chi connectivity index (χ1v) is 31.7. The summed E-state index contributed by atoms with van der Waals surface area (Å²) >= 11 is 0. The minimum Gasteiger partial charge on any atom is -0.462 e. The third-order valence-electron chi connectivity index (χ3n) is 14.5. The van der Waals surface area contributed by atoms with Crippen molar-refractivity contribution in [3.63, 3.8) is 0 Å². The third kappa shape index (κ3) is 57.1. The van der Waals surface area contributed by atoms with Gasteiger partial charge < -0.3 is 14.2 Å². The maximum absolute atomic E-state index is 12.9. The van der Waals surface area contributed by atoms with Crippen LogP contribution in [0.5, 0.6) is 0 Å². The van der Waals surface area contributed by atoms with Gasteiger partial charge in [-0.05, 0) is 44.9 Å². The Kier molecular flexibility index (Phi) is 58.1. The molecule has 0 spiro atoms. The average Bonchev–Trinajstić information content (AvgIpc) is 3.36. The monoisotopic (exact) mass is 987 g/mol. The van der Waals surface area contributed by atoms with E-state index in [1.807, 2.05) is 0 Å². The Balaban J connectivity index is 4.27. The van der Waals surface area contributed by atoms with Crippen molar-refractivity contribution in [2.75, 3.05) is 13.2 Å². The predicted octanol–water partition coefficient (Wildman–Crippen LogP) is 21.3. The summed E-state index contributed by atoms with van der Waals surface area (Å²) in [5, 5.41) is 0. The first-order valence-electron chi connectivity index (χ1n) is 31.7. The number of ether oxygens (including phenoxy) is 3. The maximum Gasteiger partial charge on any atom is 0.306 e. The van der Waals surface area contributed by atoms with E-state index < -0.39 is 6.10 Å². The molecule has 0 heterocycles. The van der Waals surface area contributed by atoms with Gasteiger partial charge in [0.25, 0.3) is 0 Å². The van der Waals surface area contributed by atoms with Crippen LogP contribution in [0.25, 0.3) is 0 Å². The van der Waals surface area contributed by atoms with Crippen molar-refractivity contribution in [2.24, 2.45) is 0 Å². The molecule has 0 bridgehead atoms. The van der Waals surface area contributed by atoms with E-state index in [0.717, 1.165) is 57.8 Å². The number of hydrogen-bond acceptors (Lipinski definition) is 6. The van der Waals surface area contributed by atoms with Crippen molar-refractivity contribution >= 4 is 17.9 Å². The lowest BCUT2D eigenvalue weighted by Gasteiger charge is -2.18. The number of unbranched alkanes of at least 4 members (excludes halogenated alkanes) is 46. The molecular formula is C64H122O6. The van der Waals surface area contributed by atoms with Gasteiger partial charge in [-0.15, -0.1) is 0 Å². The zero-order valence-electron chi connectivity index (χ0n) is 47.6. The second kappa shape index (κ2) is 59.7. The van der Waals surface area contributed by atoms with Crippen LogP contribution >= 0.6 is 0 Å². The van der Waals surface area contributed by atoms with E-state index in [4.69, 9.17) is 14.2 Å². The van der Waals surface area contributed by atoms with Crippen LogP contribution in [0.2, 0.25) is 0 Å². The Morgan fingerprint density at radius 1 is 0.271 bits per heavy atom. The highest BCUT2D eigenvalue weighted by Gasteiger charge is 2.19. The van der Waals surface area contributed by atoms with Gasteiger partial charge in [-0.25, -0.2) is 0 Å². The largest absolute Gasteiger partial charge is 0.462 e. The zero-order chi connectivity index (χ0) is 50.7. The van der Waals surface area contributed by atoms with Gasteiger partial charge in [-0.2, -0.15) is 0 Å². The van der Waals surface area contributed by atoms with Crippen LogP contribution in [0.3, 0.4) is 0 Å². The quantitative estimate of drug-likeness (QED) is 0.0261. The third-order valence-corrected chi connectivity index (χ3v) is 14.5. The Labute approximate surface area is 437 Å². The fourth-order valence-electron chi connectivity index (χ4n) is 9.74. The second-order valence-electron chi connectivity index (χ2n) is 21.7. The summed E-state index contributed by atoms with van der Waals surface area (Å²) in [5.74, 6) is -0.840. The normalized spacial score (nSPS) is 12.0. The summed E-state index contributed by atoms with van der Waals surface area (Å²) in [6.07, 6.45) is 69.3. The Bertz CT molecular complexity index is 1090. The van der Waals surface area contributed by atoms with Crippen molar-refractivity contribution in [1.29, 1.82) is 0 Å². The van der Waals surface area contributed by atoms with Crippen molar-refractivity contribution in [3.8, 4) is 0 Å². The number of allylic oxidation sites excluding steroid dienone is 2. The highest BCUT2D eigenvalue weighted by atomic mass is 16.6. The molecule has 0 aromatic heterocycles. The SMILES string of the molecule is CCCCCCCC/C=C\CCCCCCCCCC(=O)OC(COC(=O)CCCCCCCCCCCCCCCC)COC(=O)CCCCCCCCCCCCCCCCCCCCCCC. The molecule has 0 fully saturated rings. The number of carbonyl (C=O) groups is 3. The summed E-state index contributed by atoms with van der Waals surface area (Å²) in [6, 6.07) is 0. The molecular weight excluding hydrogens is 865 g/mol. The first kappa shape index (κ1) is 68.2. The van der Waals surface area contributed by atoms with E-state index in [1.165, 1.54) is 263 Å². The molecule has 6 heteroatoms. The summed E-state index contributed by atoms with van der Waals surface area (Å²) in [5.41, 5.74) is 0. The second-order valence-corrected chi connectivity index (χ2v) is 21.7. The maximum atomic E-state index is 12.9. The van der Waals surface area contributed by atoms with Crippen molar-refractivity contribution in [1.82, 2.24) is 0 Å². The fourth-order valence-corrected chi connectivity index (χ4v) is 9.74. The molecule has 1 unspecified atom stereocenters. The van der Waals surface area contributed by atoms with Gasteiger partial charge in [0, 0.05) is 19.3 Å². The average molecular weight is 988 g/mol. The van der Waals surface area contributed by atoms with Gasteiger partial charge in [0.1, 0.15) is 13.2 Å². The molecule has 0 saturated carbocycles. The molecule has 0 rings (SSSR count). The minimum atomic E-state index is -0.767.